The van der Waals surface area contributed by atoms with Gasteiger partial charge in [0, 0.05) is 22.0 Å². The van der Waals surface area contributed by atoms with Gasteiger partial charge >= 0.3 is 0 Å². The number of anilines is 1. The molecule has 0 fully saturated rings. The summed E-state index contributed by atoms with van der Waals surface area (Å²) in [7, 11) is 0. The van der Waals surface area contributed by atoms with Gasteiger partial charge in [0.05, 0.1) is 11.2 Å². The number of nitrogen functional groups attached to an aromatic ring is 1. The minimum absolute atomic E-state index is 0.619. The van der Waals surface area contributed by atoms with Gasteiger partial charge in [-0.05, 0) is 17.5 Å². The van der Waals surface area contributed by atoms with Gasteiger partial charge in [-0.2, -0.15) is 0 Å². The third-order valence-electron chi connectivity index (χ3n) is 2.69. The van der Waals surface area contributed by atoms with Gasteiger partial charge in [-0.1, -0.05) is 35.9 Å². The van der Waals surface area contributed by atoms with E-state index in [9.17, 15) is 0 Å². The van der Waals surface area contributed by atoms with E-state index in [0.717, 1.165) is 21.7 Å². The summed E-state index contributed by atoms with van der Waals surface area (Å²) in [5.74, 6) is 0. The maximum Gasteiger partial charge on any atom is 0.0938 e. The Bertz CT molecular complexity index is 692. The normalized spacial score (nSPS) is 11.1. The molecule has 0 atom stereocenters. The highest BCUT2D eigenvalue weighted by molar-refractivity contribution is 6.32. The summed E-state index contributed by atoms with van der Waals surface area (Å²) < 4.78 is 0. The van der Waals surface area contributed by atoms with Crippen molar-refractivity contribution in [3.8, 4) is 0 Å². The van der Waals surface area contributed by atoms with Gasteiger partial charge in [-0.25, -0.2) is 0 Å². The quantitative estimate of drug-likeness (QED) is 0.472. The van der Waals surface area contributed by atoms with Gasteiger partial charge in [0.1, 0.15) is 0 Å². The molecular formula is C13H9ClN2. The van der Waals surface area contributed by atoms with Crippen LogP contribution in [0.4, 0.5) is 5.69 Å². The van der Waals surface area contributed by atoms with Crippen molar-refractivity contribution in [3.63, 3.8) is 0 Å². The van der Waals surface area contributed by atoms with Crippen molar-refractivity contribution in [2.75, 3.05) is 5.73 Å². The smallest absolute Gasteiger partial charge is 0.0938 e. The summed E-state index contributed by atoms with van der Waals surface area (Å²) in [5.41, 5.74) is 7.33. The van der Waals surface area contributed by atoms with E-state index in [1.54, 1.807) is 6.07 Å². The lowest BCUT2D eigenvalue weighted by Crippen LogP contribution is -1.90. The van der Waals surface area contributed by atoms with Gasteiger partial charge in [-0.15, -0.1) is 0 Å². The average Bonchev–Trinajstić information content (AvgIpc) is 2.28. The number of rotatable bonds is 0. The highest BCUT2D eigenvalue weighted by Gasteiger charge is 2.05. The van der Waals surface area contributed by atoms with Crippen LogP contribution in [0, 0.1) is 0 Å². The molecule has 78 valence electrons. The van der Waals surface area contributed by atoms with Gasteiger partial charge in [0.25, 0.3) is 0 Å². The summed E-state index contributed by atoms with van der Waals surface area (Å²) >= 11 is 6.02. The van der Waals surface area contributed by atoms with Crippen LogP contribution in [0.2, 0.25) is 5.02 Å². The molecule has 2 N–H and O–H groups in total. The van der Waals surface area contributed by atoms with Crippen molar-refractivity contribution in [1.82, 2.24) is 4.98 Å². The van der Waals surface area contributed by atoms with Crippen molar-refractivity contribution in [3.05, 3.63) is 47.6 Å². The Balaban J connectivity index is 2.59. The van der Waals surface area contributed by atoms with Crippen LogP contribution >= 0.6 is 11.6 Å². The maximum atomic E-state index is 6.02. The number of nitrogens with zero attached hydrogens (tertiary/aromatic N) is 1. The Hall–Kier alpha value is -1.80. The van der Waals surface area contributed by atoms with Gasteiger partial charge in [0.2, 0.25) is 0 Å². The van der Waals surface area contributed by atoms with Crippen LogP contribution in [0.3, 0.4) is 0 Å². The number of aromatic nitrogens is 1. The fourth-order valence-electron chi connectivity index (χ4n) is 1.96. The van der Waals surface area contributed by atoms with Crippen molar-refractivity contribution in [2.24, 2.45) is 0 Å². The van der Waals surface area contributed by atoms with E-state index in [-0.39, 0.29) is 0 Å². The maximum absolute atomic E-state index is 6.02. The average molecular weight is 229 g/mol. The van der Waals surface area contributed by atoms with Crippen molar-refractivity contribution in [2.45, 2.75) is 0 Å². The number of fused-ring (bicyclic) bond motifs is 3. The van der Waals surface area contributed by atoms with Crippen LogP contribution in [0.1, 0.15) is 0 Å². The molecule has 2 nitrogen and oxygen atoms in total. The molecule has 3 rings (SSSR count). The van der Waals surface area contributed by atoms with Crippen LogP contribution in [0.5, 0.6) is 0 Å². The fraction of sp³-hybridized carbons (Fsp3) is 0. The Labute approximate surface area is 97.7 Å². The third kappa shape index (κ3) is 1.31. The second-order valence-electron chi connectivity index (χ2n) is 3.74. The largest absolute Gasteiger partial charge is 0.397 e. The minimum atomic E-state index is 0.619. The zero-order valence-electron chi connectivity index (χ0n) is 8.44. The summed E-state index contributed by atoms with van der Waals surface area (Å²) in [6, 6.07) is 11.7. The first-order valence-electron chi connectivity index (χ1n) is 4.98. The van der Waals surface area contributed by atoms with Crippen LogP contribution in [-0.2, 0) is 0 Å². The molecule has 0 amide bonds. The van der Waals surface area contributed by atoms with E-state index in [4.69, 9.17) is 17.3 Å². The number of hydrogen-bond donors (Lipinski definition) is 1. The number of benzene rings is 2. The monoisotopic (exact) mass is 228 g/mol. The van der Waals surface area contributed by atoms with Crippen LogP contribution < -0.4 is 5.73 Å². The first-order chi connectivity index (χ1) is 7.75. The second kappa shape index (κ2) is 3.35. The molecule has 3 aromatic rings. The van der Waals surface area contributed by atoms with Crippen LogP contribution in [-0.4, -0.2) is 4.98 Å². The molecule has 0 aliphatic heterocycles. The van der Waals surface area contributed by atoms with Crippen molar-refractivity contribution in [1.29, 1.82) is 0 Å². The Morgan fingerprint density at radius 1 is 1.06 bits per heavy atom. The van der Waals surface area contributed by atoms with E-state index in [1.807, 2.05) is 30.5 Å². The standard InChI is InChI=1S/C13H9ClN2/c14-9-5-11-10-4-2-1-3-8(10)7-16-13(11)12(15)6-9/h1-7H,15H2. The zero-order valence-corrected chi connectivity index (χ0v) is 9.20. The topological polar surface area (TPSA) is 38.9 Å². The van der Waals surface area contributed by atoms with Crippen LogP contribution in [0.25, 0.3) is 21.7 Å². The summed E-state index contributed by atoms with van der Waals surface area (Å²) in [4.78, 5) is 4.37. The van der Waals surface area contributed by atoms with Gasteiger partial charge in [-0.3, -0.25) is 4.98 Å². The molecule has 3 heteroatoms. The molecule has 0 radical (unpaired) electrons. The van der Waals surface area contributed by atoms with Crippen molar-refractivity contribution < 1.29 is 0 Å². The summed E-state index contributed by atoms with van der Waals surface area (Å²) in [5, 5.41) is 3.87. The lowest BCUT2D eigenvalue weighted by molar-refractivity contribution is 1.44. The third-order valence-corrected chi connectivity index (χ3v) is 2.91. The molecule has 0 spiro atoms. The highest BCUT2D eigenvalue weighted by Crippen LogP contribution is 2.29. The number of hydrogen-bond acceptors (Lipinski definition) is 2. The molecule has 0 aliphatic rings. The zero-order chi connectivity index (χ0) is 11.1. The van der Waals surface area contributed by atoms with E-state index in [1.165, 1.54) is 0 Å². The molecule has 16 heavy (non-hydrogen) atoms. The molecule has 1 aromatic heterocycles. The minimum Gasteiger partial charge on any atom is -0.397 e. The molecule has 0 aliphatic carbocycles. The second-order valence-corrected chi connectivity index (χ2v) is 4.17. The molecule has 2 aromatic carbocycles. The van der Waals surface area contributed by atoms with Crippen molar-refractivity contribution >= 4 is 39.0 Å². The SMILES string of the molecule is Nc1cc(Cl)cc2c1ncc1ccccc12. The molecule has 0 bridgehead atoms. The predicted octanol–water partition coefficient (Wildman–Crippen LogP) is 3.62. The van der Waals surface area contributed by atoms with Gasteiger partial charge in [0.15, 0.2) is 0 Å². The number of pyridine rings is 1. The first kappa shape index (κ1) is 9.43. The highest BCUT2D eigenvalue weighted by atomic mass is 35.5. The molecule has 0 unspecified atom stereocenters. The Morgan fingerprint density at radius 2 is 1.88 bits per heavy atom. The van der Waals surface area contributed by atoms with Gasteiger partial charge < -0.3 is 5.73 Å². The molecular weight excluding hydrogens is 220 g/mol. The van der Waals surface area contributed by atoms with E-state index in [0.29, 0.717) is 10.7 Å². The van der Waals surface area contributed by atoms with E-state index < -0.39 is 0 Å². The Morgan fingerprint density at radius 3 is 2.75 bits per heavy atom. The first-order valence-corrected chi connectivity index (χ1v) is 5.36. The predicted molar refractivity (Wildman–Crippen MR) is 68.7 cm³/mol. The molecule has 0 saturated heterocycles. The lowest BCUT2D eigenvalue weighted by atomic mass is 10.1. The number of nitrogens with two attached hydrogens (primary N) is 1. The Kier molecular flexibility index (Phi) is 1.98. The number of halogens is 1. The molecule has 1 heterocycles. The van der Waals surface area contributed by atoms with Crippen LogP contribution in [0.15, 0.2) is 42.6 Å². The lowest BCUT2D eigenvalue weighted by Gasteiger charge is -2.05. The molecule has 0 saturated carbocycles. The van der Waals surface area contributed by atoms with E-state index >= 15 is 0 Å². The summed E-state index contributed by atoms with van der Waals surface area (Å²) in [6.45, 7) is 0. The van der Waals surface area contributed by atoms with E-state index in [2.05, 4.69) is 11.1 Å². The summed E-state index contributed by atoms with van der Waals surface area (Å²) in [6.07, 6.45) is 1.84. The fourth-order valence-corrected chi connectivity index (χ4v) is 2.19.